The second-order valence-electron chi connectivity index (χ2n) is 10.0. The first-order valence-electron chi connectivity index (χ1n) is 10.5. The number of oxazole rings is 2. The maximum absolute atomic E-state index is 6.23. The summed E-state index contributed by atoms with van der Waals surface area (Å²) in [6, 6.07) is 16.4. The van der Waals surface area contributed by atoms with E-state index in [4.69, 9.17) is 18.8 Å². The van der Waals surface area contributed by atoms with Gasteiger partial charge in [-0.2, -0.15) is 0 Å². The van der Waals surface area contributed by atoms with Crippen molar-refractivity contribution in [2.45, 2.75) is 52.4 Å². The molecule has 0 amide bonds. The van der Waals surface area contributed by atoms with Crippen molar-refractivity contribution in [3.05, 3.63) is 59.7 Å². The molecule has 0 bridgehead atoms. The van der Waals surface area contributed by atoms with Crippen LogP contribution in [-0.2, 0) is 10.8 Å². The van der Waals surface area contributed by atoms with E-state index in [-0.39, 0.29) is 10.8 Å². The monoisotopic (exact) mass is 430 g/mol. The quantitative estimate of drug-likeness (QED) is 0.285. The fourth-order valence-corrected chi connectivity index (χ4v) is 4.72. The van der Waals surface area contributed by atoms with Gasteiger partial charge in [0.25, 0.3) is 0 Å². The molecule has 5 heteroatoms. The maximum Gasteiger partial charge on any atom is 0.237 e. The standard InChI is InChI=1S/C26H26N2O2S/c1-25(2,3)15-9-7-11-17-21(15)29-23(27-17)19-13-14-20(31-19)24-28-18-12-8-10-16(22(18)30-24)26(4,5)6/h7-14H,1-6H3. The van der Waals surface area contributed by atoms with Crippen LogP contribution in [0.4, 0.5) is 0 Å². The highest BCUT2D eigenvalue weighted by atomic mass is 32.1. The highest BCUT2D eigenvalue weighted by molar-refractivity contribution is 7.18. The van der Waals surface area contributed by atoms with Gasteiger partial charge in [-0.1, -0.05) is 65.8 Å². The number of fused-ring (bicyclic) bond motifs is 2. The first-order chi connectivity index (χ1) is 14.6. The third-order valence-corrected chi connectivity index (χ3v) is 6.53. The SMILES string of the molecule is CC(C)(C)c1cccc2nc(-c3ccc(-c4nc5cccc(C(C)(C)C)c5o4)s3)oc12. The Kier molecular flexibility index (Phi) is 4.38. The second kappa shape index (κ2) is 6.79. The normalized spacial score (nSPS) is 12.8. The number of hydrogen-bond acceptors (Lipinski definition) is 5. The predicted octanol–water partition coefficient (Wildman–Crippen LogP) is 7.96. The smallest absolute Gasteiger partial charge is 0.237 e. The average molecular weight is 431 g/mol. The third kappa shape index (κ3) is 3.47. The van der Waals surface area contributed by atoms with Crippen LogP contribution in [0.1, 0.15) is 52.7 Å². The molecule has 31 heavy (non-hydrogen) atoms. The van der Waals surface area contributed by atoms with Crippen LogP contribution in [0.3, 0.4) is 0 Å². The van der Waals surface area contributed by atoms with Crippen molar-refractivity contribution in [1.82, 2.24) is 9.97 Å². The van der Waals surface area contributed by atoms with Crippen molar-refractivity contribution < 1.29 is 8.83 Å². The minimum Gasteiger partial charge on any atom is -0.435 e. The fraction of sp³-hybridized carbons (Fsp3) is 0.308. The number of thiophene rings is 1. The molecule has 0 aliphatic carbocycles. The second-order valence-corrected chi connectivity index (χ2v) is 11.1. The van der Waals surface area contributed by atoms with E-state index in [1.54, 1.807) is 11.3 Å². The molecule has 0 spiro atoms. The van der Waals surface area contributed by atoms with Gasteiger partial charge in [0.15, 0.2) is 11.2 Å². The van der Waals surface area contributed by atoms with Crippen LogP contribution in [0.15, 0.2) is 57.4 Å². The molecule has 0 aliphatic rings. The molecule has 3 heterocycles. The van der Waals surface area contributed by atoms with Crippen molar-refractivity contribution in [2.75, 3.05) is 0 Å². The Morgan fingerprint density at radius 2 is 1.03 bits per heavy atom. The zero-order valence-corrected chi connectivity index (χ0v) is 19.6. The highest BCUT2D eigenvalue weighted by Gasteiger charge is 2.23. The predicted molar refractivity (Wildman–Crippen MR) is 128 cm³/mol. The highest BCUT2D eigenvalue weighted by Crippen LogP contribution is 2.39. The van der Waals surface area contributed by atoms with E-state index in [0.29, 0.717) is 11.8 Å². The number of nitrogens with zero attached hydrogens (tertiary/aromatic N) is 2. The number of hydrogen-bond donors (Lipinski definition) is 0. The molecule has 0 saturated heterocycles. The van der Waals surface area contributed by atoms with Gasteiger partial charge in [-0.25, -0.2) is 9.97 Å². The molecule has 0 saturated carbocycles. The van der Waals surface area contributed by atoms with Crippen molar-refractivity contribution >= 4 is 33.5 Å². The lowest BCUT2D eigenvalue weighted by atomic mass is 9.86. The molecule has 5 rings (SSSR count). The van der Waals surface area contributed by atoms with Crippen LogP contribution >= 0.6 is 11.3 Å². The molecule has 3 aromatic heterocycles. The zero-order chi connectivity index (χ0) is 22.0. The lowest BCUT2D eigenvalue weighted by Gasteiger charge is -2.18. The topological polar surface area (TPSA) is 52.1 Å². The third-order valence-electron chi connectivity index (χ3n) is 5.47. The Hall–Kier alpha value is -2.92. The molecule has 0 radical (unpaired) electrons. The molecule has 0 aliphatic heterocycles. The van der Waals surface area contributed by atoms with Gasteiger partial charge < -0.3 is 8.83 Å². The van der Waals surface area contributed by atoms with Gasteiger partial charge in [0.1, 0.15) is 11.0 Å². The Labute approximate surface area is 185 Å². The summed E-state index contributed by atoms with van der Waals surface area (Å²) < 4.78 is 12.5. The van der Waals surface area contributed by atoms with Crippen LogP contribution in [0.25, 0.3) is 43.7 Å². The Balaban J connectivity index is 1.57. The molecule has 5 aromatic rings. The van der Waals surface area contributed by atoms with Gasteiger partial charge in [0, 0.05) is 11.1 Å². The fourth-order valence-electron chi connectivity index (χ4n) is 3.86. The van der Waals surface area contributed by atoms with E-state index in [1.807, 2.05) is 36.4 Å². The number of aromatic nitrogens is 2. The number of benzene rings is 2. The van der Waals surface area contributed by atoms with E-state index in [2.05, 4.69) is 53.7 Å². The number of para-hydroxylation sites is 2. The van der Waals surface area contributed by atoms with E-state index in [1.165, 1.54) is 0 Å². The summed E-state index contributed by atoms with van der Waals surface area (Å²) in [6.45, 7) is 13.1. The van der Waals surface area contributed by atoms with Crippen molar-refractivity contribution in [3.8, 4) is 21.5 Å². The lowest BCUT2D eigenvalue weighted by Crippen LogP contribution is -2.10. The first kappa shape index (κ1) is 20.0. The van der Waals surface area contributed by atoms with Crippen LogP contribution in [0.2, 0.25) is 0 Å². The van der Waals surface area contributed by atoms with E-state index in [0.717, 1.165) is 43.1 Å². The maximum atomic E-state index is 6.23. The summed E-state index contributed by atoms with van der Waals surface area (Å²) in [6.07, 6.45) is 0. The lowest BCUT2D eigenvalue weighted by molar-refractivity contribution is 0.561. The average Bonchev–Trinajstić information content (AvgIpc) is 3.41. The van der Waals surface area contributed by atoms with Crippen molar-refractivity contribution in [2.24, 2.45) is 0 Å². The molecule has 0 atom stereocenters. The molecule has 4 nitrogen and oxygen atoms in total. The van der Waals surface area contributed by atoms with Gasteiger partial charge in [-0.15, -0.1) is 11.3 Å². The summed E-state index contributed by atoms with van der Waals surface area (Å²) >= 11 is 1.58. The summed E-state index contributed by atoms with van der Waals surface area (Å²) in [7, 11) is 0. The van der Waals surface area contributed by atoms with Gasteiger partial charge in [0.05, 0.1) is 9.75 Å². The molecule has 158 valence electrons. The molecule has 0 fully saturated rings. The van der Waals surface area contributed by atoms with Crippen LogP contribution in [0, 0.1) is 0 Å². The van der Waals surface area contributed by atoms with Gasteiger partial charge in [-0.3, -0.25) is 0 Å². The van der Waals surface area contributed by atoms with Gasteiger partial charge in [-0.05, 0) is 35.1 Å². The van der Waals surface area contributed by atoms with Crippen molar-refractivity contribution in [1.29, 1.82) is 0 Å². The summed E-state index contributed by atoms with van der Waals surface area (Å²) in [4.78, 5) is 11.4. The van der Waals surface area contributed by atoms with E-state index in [9.17, 15) is 0 Å². The molecule has 0 N–H and O–H groups in total. The summed E-state index contributed by atoms with van der Waals surface area (Å²) in [5.41, 5.74) is 5.78. The molecule has 2 aromatic carbocycles. The van der Waals surface area contributed by atoms with Crippen molar-refractivity contribution in [3.63, 3.8) is 0 Å². The molecular formula is C26H26N2O2S. The Morgan fingerprint density at radius 1 is 0.613 bits per heavy atom. The largest absolute Gasteiger partial charge is 0.435 e. The van der Waals surface area contributed by atoms with Gasteiger partial charge >= 0.3 is 0 Å². The van der Waals surface area contributed by atoms with E-state index >= 15 is 0 Å². The minimum atomic E-state index is -0.0140. The first-order valence-corrected chi connectivity index (χ1v) is 11.3. The Morgan fingerprint density at radius 3 is 1.42 bits per heavy atom. The summed E-state index contributed by atoms with van der Waals surface area (Å²) in [5.74, 6) is 1.27. The number of rotatable bonds is 2. The zero-order valence-electron chi connectivity index (χ0n) is 18.7. The Bertz CT molecular complexity index is 1300. The van der Waals surface area contributed by atoms with Crippen LogP contribution < -0.4 is 0 Å². The van der Waals surface area contributed by atoms with Crippen LogP contribution in [0.5, 0.6) is 0 Å². The molecular weight excluding hydrogens is 404 g/mol. The minimum absolute atomic E-state index is 0.0140. The van der Waals surface area contributed by atoms with E-state index < -0.39 is 0 Å². The van der Waals surface area contributed by atoms with Crippen LogP contribution in [-0.4, -0.2) is 9.97 Å². The molecule has 0 unspecified atom stereocenters. The van der Waals surface area contributed by atoms with Gasteiger partial charge in [0.2, 0.25) is 11.8 Å². The summed E-state index contributed by atoms with van der Waals surface area (Å²) in [5, 5.41) is 0.